The Bertz CT molecular complexity index is 1350. The van der Waals surface area contributed by atoms with E-state index < -0.39 is 6.10 Å². The Kier molecular flexibility index (Phi) is 55.3. The van der Waals surface area contributed by atoms with Gasteiger partial charge >= 0.3 is 17.9 Å². The molecular weight excluding hydrogens is 865 g/mol. The van der Waals surface area contributed by atoms with Gasteiger partial charge in [0.25, 0.3) is 0 Å². The molecule has 0 aliphatic rings. The zero-order valence-corrected chi connectivity index (χ0v) is 46.0. The summed E-state index contributed by atoms with van der Waals surface area (Å²) in [7, 11) is 0. The van der Waals surface area contributed by atoms with Crippen molar-refractivity contribution in [1.29, 1.82) is 0 Å². The van der Waals surface area contributed by atoms with Gasteiger partial charge in [0.05, 0.1) is 0 Å². The number of ether oxygens (including phenoxy) is 3. The lowest BCUT2D eigenvalue weighted by molar-refractivity contribution is -0.167. The van der Waals surface area contributed by atoms with Crippen molar-refractivity contribution in [3.05, 3.63) is 85.1 Å². The summed E-state index contributed by atoms with van der Waals surface area (Å²) in [5.41, 5.74) is 0. The quantitative estimate of drug-likeness (QED) is 0.0261. The third kappa shape index (κ3) is 55.5. The Morgan fingerprint density at radius 1 is 0.300 bits per heavy atom. The molecular formula is C64H110O6. The lowest BCUT2D eigenvalue weighted by Crippen LogP contribution is -2.30. The fourth-order valence-corrected chi connectivity index (χ4v) is 8.21. The maximum atomic E-state index is 12.8. The molecule has 0 rings (SSSR count). The van der Waals surface area contributed by atoms with E-state index >= 15 is 0 Å². The smallest absolute Gasteiger partial charge is 0.306 e. The predicted molar refractivity (Wildman–Crippen MR) is 302 cm³/mol. The highest BCUT2D eigenvalue weighted by Gasteiger charge is 2.19. The van der Waals surface area contributed by atoms with E-state index in [-0.39, 0.29) is 31.1 Å². The Balaban J connectivity index is 4.10. The number of unbranched alkanes of at least 4 members (excludes halogenated alkanes) is 28. The van der Waals surface area contributed by atoms with Crippen LogP contribution in [0, 0.1) is 0 Å². The van der Waals surface area contributed by atoms with Crippen LogP contribution < -0.4 is 0 Å². The third-order valence-electron chi connectivity index (χ3n) is 12.6. The highest BCUT2D eigenvalue weighted by atomic mass is 16.6. The monoisotopic (exact) mass is 975 g/mol. The van der Waals surface area contributed by atoms with E-state index in [9.17, 15) is 14.4 Å². The average Bonchev–Trinajstić information content (AvgIpc) is 3.36. The molecule has 0 aromatic rings. The number of esters is 3. The number of hydrogen-bond donors (Lipinski definition) is 0. The molecule has 0 saturated carbocycles. The normalized spacial score (nSPS) is 12.7. The van der Waals surface area contributed by atoms with Gasteiger partial charge in [0.15, 0.2) is 6.10 Å². The van der Waals surface area contributed by atoms with Crippen LogP contribution in [0.1, 0.15) is 284 Å². The van der Waals surface area contributed by atoms with Crippen molar-refractivity contribution in [2.45, 2.75) is 290 Å². The highest BCUT2D eigenvalue weighted by Crippen LogP contribution is 2.15. The molecule has 0 saturated heterocycles. The number of hydrogen-bond acceptors (Lipinski definition) is 6. The Morgan fingerprint density at radius 3 is 0.900 bits per heavy atom. The maximum absolute atomic E-state index is 12.8. The molecule has 0 aliphatic heterocycles. The zero-order chi connectivity index (χ0) is 50.7. The molecule has 1 unspecified atom stereocenters. The first-order chi connectivity index (χ1) is 34.5. The first kappa shape index (κ1) is 66.6. The first-order valence-electron chi connectivity index (χ1n) is 29.6. The summed E-state index contributed by atoms with van der Waals surface area (Å²) < 4.78 is 16.8. The average molecular weight is 976 g/mol. The van der Waals surface area contributed by atoms with Crippen LogP contribution in [0.25, 0.3) is 0 Å². The topological polar surface area (TPSA) is 78.9 Å². The molecule has 1 atom stereocenters. The van der Waals surface area contributed by atoms with Gasteiger partial charge in [0, 0.05) is 19.3 Å². The van der Waals surface area contributed by atoms with Crippen LogP contribution in [0.15, 0.2) is 85.1 Å². The molecule has 6 heteroatoms. The van der Waals surface area contributed by atoms with Crippen LogP contribution in [-0.2, 0) is 28.6 Å². The number of carbonyl (C=O) groups is 3. The molecule has 0 heterocycles. The van der Waals surface area contributed by atoms with Gasteiger partial charge in [-0.2, -0.15) is 0 Å². The number of carbonyl (C=O) groups excluding carboxylic acids is 3. The largest absolute Gasteiger partial charge is 0.462 e. The second-order valence-electron chi connectivity index (χ2n) is 19.5. The Morgan fingerprint density at radius 2 is 0.557 bits per heavy atom. The molecule has 0 N–H and O–H groups in total. The minimum Gasteiger partial charge on any atom is -0.462 e. The van der Waals surface area contributed by atoms with Gasteiger partial charge in [-0.15, -0.1) is 0 Å². The van der Waals surface area contributed by atoms with Crippen molar-refractivity contribution < 1.29 is 28.6 Å². The standard InChI is InChI=1S/C64H110O6/c1-4-7-10-13-16-19-21-23-24-25-26-27-28-29-30-31-32-33-34-35-36-37-38-39-40-42-43-45-48-51-54-57-63(66)69-60-61(59-68-62(65)56-53-50-47-18-15-12-9-6-3)70-64(67)58-55-52-49-46-44-41-22-20-17-14-11-8-5-2/h7,10,16,19-20,22-24,26-27,29-30,32-33,61H,4-6,8-9,11-15,17-18,21,25,28,31,34-60H2,1-3H3/b10-7-,19-16-,22-20-,24-23-,27-26-,30-29-,33-32-. The van der Waals surface area contributed by atoms with Crippen LogP contribution in [-0.4, -0.2) is 37.2 Å². The Hall–Kier alpha value is -3.41. The molecule has 0 radical (unpaired) electrons. The van der Waals surface area contributed by atoms with Gasteiger partial charge in [0.1, 0.15) is 13.2 Å². The SMILES string of the molecule is CC/C=C\C/C=C\C/C=C\C/C=C\C/C=C\C/C=C\CCCCCCCCCCCCCCC(=O)OCC(COC(=O)CCCCCCCCCC)OC(=O)CCCCCCC/C=C\CCCCCC. The summed E-state index contributed by atoms with van der Waals surface area (Å²) in [5.74, 6) is -0.887. The molecule has 0 amide bonds. The van der Waals surface area contributed by atoms with Crippen LogP contribution in [0.3, 0.4) is 0 Å². The predicted octanol–water partition coefficient (Wildman–Crippen LogP) is 19.9. The number of rotatable bonds is 53. The summed E-state index contributed by atoms with van der Waals surface area (Å²) >= 11 is 0. The summed E-state index contributed by atoms with van der Waals surface area (Å²) in [5, 5.41) is 0. The van der Waals surface area contributed by atoms with E-state index in [1.807, 2.05) is 0 Å². The van der Waals surface area contributed by atoms with Gasteiger partial charge in [0.2, 0.25) is 0 Å². The van der Waals surface area contributed by atoms with Gasteiger partial charge in [-0.1, -0.05) is 254 Å². The maximum Gasteiger partial charge on any atom is 0.306 e. The van der Waals surface area contributed by atoms with Crippen LogP contribution >= 0.6 is 0 Å². The highest BCUT2D eigenvalue weighted by molar-refractivity contribution is 5.71. The van der Waals surface area contributed by atoms with Crippen molar-refractivity contribution in [3.63, 3.8) is 0 Å². The minimum absolute atomic E-state index is 0.0773. The summed E-state index contributed by atoms with van der Waals surface area (Å²) in [6, 6.07) is 0. The zero-order valence-electron chi connectivity index (χ0n) is 46.0. The van der Waals surface area contributed by atoms with E-state index in [4.69, 9.17) is 14.2 Å². The van der Waals surface area contributed by atoms with E-state index in [0.29, 0.717) is 19.3 Å². The van der Waals surface area contributed by atoms with Crippen molar-refractivity contribution in [2.24, 2.45) is 0 Å². The van der Waals surface area contributed by atoms with Crippen molar-refractivity contribution in [3.8, 4) is 0 Å². The first-order valence-corrected chi connectivity index (χ1v) is 29.6. The van der Waals surface area contributed by atoms with E-state index in [1.165, 1.54) is 135 Å². The molecule has 70 heavy (non-hydrogen) atoms. The van der Waals surface area contributed by atoms with Crippen LogP contribution in [0.4, 0.5) is 0 Å². The summed E-state index contributed by atoms with van der Waals surface area (Å²) in [6.07, 6.45) is 76.0. The molecule has 402 valence electrons. The lowest BCUT2D eigenvalue weighted by Gasteiger charge is -2.18. The van der Waals surface area contributed by atoms with E-state index in [2.05, 4.69) is 106 Å². The van der Waals surface area contributed by atoms with Crippen molar-refractivity contribution in [2.75, 3.05) is 13.2 Å². The summed E-state index contributed by atoms with van der Waals surface area (Å²) in [6.45, 7) is 6.48. The number of allylic oxidation sites excluding steroid dienone is 14. The van der Waals surface area contributed by atoms with Crippen LogP contribution in [0.2, 0.25) is 0 Å². The molecule has 0 aliphatic carbocycles. The third-order valence-corrected chi connectivity index (χ3v) is 12.6. The second-order valence-corrected chi connectivity index (χ2v) is 19.5. The van der Waals surface area contributed by atoms with Gasteiger partial charge < -0.3 is 14.2 Å². The molecule has 6 nitrogen and oxygen atoms in total. The van der Waals surface area contributed by atoms with Gasteiger partial charge in [-0.25, -0.2) is 0 Å². The van der Waals surface area contributed by atoms with Gasteiger partial charge in [-0.3, -0.25) is 14.4 Å². The molecule has 0 fully saturated rings. The van der Waals surface area contributed by atoms with Crippen molar-refractivity contribution >= 4 is 17.9 Å². The fourth-order valence-electron chi connectivity index (χ4n) is 8.21. The van der Waals surface area contributed by atoms with E-state index in [1.54, 1.807) is 0 Å². The Labute approximate surface area is 433 Å². The van der Waals surface area contributed by atoms with Crippen LogP contribution in [0.5, 0.6) is 0 Å². The molecule has 0 bridgehead atoms. The molecule has 0 aromatic carbocycles. The molecule has 0 aromatic heterocycles. The summed E-state index contributed by atoms with van der Waals surface area (Å²) in [4.78, 5) is 37.9. The minimum atomic E-state index is -0.777. The van der Waals surface area contributed by atoms with Gasteiger partial charge in [-0.05, 0) is 96.3 Å². The molecule has 0 spiro atoms. The van der Waals surface area contributed by atoms with E-state index in [0.717, 1.165) is 109 Å². The fraction of sp³-hybridized carbons (Fsp3) is 0.734. The second kappa shape index (κ2) is 58.2. The lowest BCUT2D eigenvalue weighted by atomic mass is 10.0. The van der Waals surface area contributed by atoms with Crippen molar-refractivity contribution in [1.82, 2.24) is 0 Å².